The fourth-order valence-corrected chi connectivity index (χ4v) is 4.19. The maximum absolute atomic E-state index is 4.70. The monoisotopic (exact) mass is 435 g/mol. The van der Waals surface area contributed by atoms with Crippen LogP contribution in [0.4, 0.5) is 0 Å². The van der Waals surface area contributed by atoms with Gasteiger partial charge < -0.3 is 10.2 Å². The molecule has 1 N–H and O–H groups in total. The topological polar surface area (TPSA) is 27.6 Å². The van der Waals surface area contributed by atoms with Crippen molar-refractivity contribution in [1.29, 1.82) is 0 Å². The Hall–Kier alpha value is -2.13. The quantitative estimate of drug-likeness (QED) is 0.357. The molecule has 0 bridgehead atoms. The third-order valence-electron chi connectivity index (χ3n) is 6.20. The standard InChI is InChI=1S/C19H31N3.C10H14/c1-5-7-10-21-15(3)19(18(6-2)17-8-9-17)16(4)22-13-11-20-12-14-22;1-3-4-10-7-5-9(2)6-8-10/h6-7,10,17,20H,5,8-9,11-14H2,1-4H3;5-8H,3-4H2,1-2H3/b10-7+,18-6-,19-16-,21-15+;. The second kappa shape index (κ2) is 14.1. The molecule has 0 atom stereocenters. The van der Waals surface area contributed by atoms with Gasteiger partial charge in [-0.3, -0.25) is 4.99 Å². The number of nitrogens with zero attached hydrogens (tertiary/aromatic N) is 2. The van der Waals surface area contributed by atoms with Crippen molar-refractivity contribution >= 4 is 5.71 Å². The highest BCUT2D eigenvalue weighted by molar-refractivity contribution is 6.03. The minimum atomic E-state index is 0.748. The summed E-state index contributed by atoms with van der Waals surface area (Å²) in [6, 6.07) is 8.76. The summed E-state index contributed by atoms with van der Waals surface area (Å²) in [4.78, 5) is 7.22. The van der Waals surface area contributed by atoms with Gasteiger partial charge in [-0.1, -0.05) is 62.2 Å². The predicted octanol–water partition coefficient (Wildman–Crippen LogP) is 6.85. The summed E-state index contributed by atoms with van der Waals surface area (Å²) >= 11 is 0. The van der Waals surface area contributed by atoms with Crippen LogP contribution in [0.5, 0.6) is 0 Å². The van der Waals surface area contributed by atoms with Crippen LogP contribution in [-0.4, -0.2) is 36.8 Å². The molecular weight excluding hydrogens is 390 g/mol. The van der Waals surface area contributed by atoms with Crippen molar-refractivity contribution in [3.8, 4) is 0 Å². The Bertz CT molecular complexity index is 801. The first-order valence-electron chi connectivity index (χ1n) is 12.6. The maximum Gasteiger partial charge on any atom is 0.0464 e. The fraction of sp³-hybridized carbons (Fsp3) is 0.552. The van der Waals surface area contributed by atoms with Gasteiger partial charge in [-0.15, -0.1) is 0 Å². The molecule has 176 valence electrons. The van der Waals surface area contributed by atoms with E-state index < -0.39 is 0 Å². The summed E-state index contributed by atoms with van der Waals surface area (Å²) in [6.45, 7) is 17.4. The van der Waals surface area contributed by atoms with E-state index in [9.17, 15) is 0 Å². The zero-order valence-electron chi connectivity index (χ0n) is 21.4. The molecule has 0 amide bonds. The number of hydrogen-bond acceptors (Lipinski definition) is 3. The molecular formula is C29H45N3. The van der Waals surface area contributed by atoms with Gasteiger partial charge in [0.25, 0.3) is 0 Å². The minimum Gasteiger partial charge on any atom is -0.372 e. The Morgan fingerprint density at radius 1 is 1.09 bits per heavy atom. The van der Waals surface area contributed by atoms with E-state index in [0.717, 1.165) is 44.2 Å². The van der Waals surface area contributed by atoms with Crippen molar-refractivity contribution in [1.82, 2.24) is 10.2 Å². The van der Waals surface area contributed by atoms with E-state index in [1.165, 1.54) is 53.7 Å². The Morgan fingerprint density at radius 3 is 2.28 bits per heavy atom. The maximum atomic E-state index is 4.70. The molecule has 0 aromatic heterocycles. The van der Waals surface area contributed by atoms with Crippen LogP contribution in [-0.2, 0) is 6.42 Å². The second-order valence-electron chi connectivity index (χ2n) is 8.96. The number of rotatable bonds is 8. The first-order valence-corrected chi connectivity index (χ1v) is 12.6. The van der Waals surface area contributed by atoms with Crippen molar-refractivity contribution < 1.29 is 0 Å². The van der Waals surface area contributed by atoms with Crippen molar-refractivity contribution in [2.24, 2.45) is 10.9 Å². The Kier molecular flexibility index (Phi) is 11.5. The molecule has 0 spiro atoms. The van der Waals surface area contributed by atoms with Crippen LogP contribution in [0.25, 0.3) is 0 Å². The zero-order valence-corrected chi connectivity index (χ0v) is 21.4. The molecule has 1 aliphatic heterocycles. The number of allylic oxidation sites excluding steroid dienone is 5. The lowest BCUT2D eigenvalue weighted by Crippen LogP contribution is -2.43. The van der Waals surface area contributed by atoms with Gasteiger partial charge in [0.2, 0.25) is 0 Å². The van der Waals surface area contributed by atoms with Gasteiger partial charge in [0.05, 0.1) is 0 Å². The lowest BCUT2D eigenvalue weighted by Gasteiger charge is -2.32. The number of benzene rings is 1. The van der Waals surface area contributed by atoms with Gasteiger partial charge in [0, 0.05) is 49.4 Å². The highest BCUT2D eigenvalue weighted by atomic mass is 15.2. The molecule has 1 aromatic rings. The van der Waals surface area contributed by atoms with Crippen LogP contribution < -0.4 is 5.32 Å². The number of aryl methyl sites for hydroxylation is 2. The molecule has 32 heavy (non-hydrogen) atoms. The van der Waals surface area contributed by atoms with Gasteiger partial charge in [0.1, 0.15) is 0 Å². The zero-order chi connectivity index (χ0) is 23.3. The van der Waals surface area contributed by atoms with E-state index >= 15 is 0 Å². The molecule has 1 saturated carbocycles. The second-order valence-corrected chi connectivity index (χ2v) is 8.96. The lowest BCUT2D eigenvalue weighted by molar-refractivity contribution is 0.298. The van der Waals surface area contributed by atoms with Crippen molar-refractivity contribution in [2.75, 3.05) is 26.2 Å². The third-order valence-corrected chi connectivity index (χ3v) is 6.20. The predicted molar refractivity (Wildman–Crippen MR) is 141 cm³/mol. The molecule has 0 unspecified atom stereocenters. The molecule has 2 fully saturated rings. The molecule has 3 nitrogen and oxygen atoms in total. The summed E-state index contributed by atoms with van der Waals surface area (Å²) in [5.41, 5.74) is 8.23. The van der Waals surface area contributed by atoms with Gasteiger partial charge in [0.15, 0.2) is 0 Å². The first kappa shape index (κ1) is 26.1. The van der Waals surface area contributed by atoms with Crippen LogP contribution in [0.15, 0.2) is 64.5 Å². The summed E-state index contributed by atoms with van der Waals surface area (Å²) in [6.07, 6.45) is 12.5. The van der Waals surface area contributed by atoms with Crippen molar-refractivity contribution in [2.45, 2.75) is 73.6 Å². The van der Waals surface area contributed by atoms with Crippen LogP contribution in [0.1, 0.15) is 71.4 Å². The van der Waals surface area contributed by atoms with E-state index in [4.69, 9.17) is 4.99 Å². The molecule has 3 heteroatoms. The summed E-state index contributed by atoms with van der Waals surface area (Å²) < 4.78 is 0. The van der Waals surface area contributed by atoms with Crippen LogP contribution in [0.2, 0.25) is 0 Å². The summed E-state index contributed by atoms with van der Waals surface area (Å²) in [5.74, 6) is 0.748. The van der Waals surface area contributed by atoms with E-state index in [0.29, 0.717) is 0 Å². The Labute approximate surface area is 197 Å². The number of piperazine rings is 1. The Balaban J connectivity index is 0.000000303. The average molecular weight is 436 g/mol. The molecule has 1 aromatic carbocycles. The van der Waals surface area contributed by atoms with Crippen LogP contribution >= 0.6 is 0 Å². The van der Waals surface area contributed by atoms with Crippen molar-refractivity contribution in [3.05, 3.63) is 70.6 Å². The van der Waals surface area contributed by atoms with Crippen LogP contribution in [0.3, 0.4) is 0 Å². The largest absolute Gasteiger partial charge is 0.372 e. The molecule has 2 aliphatic rings. The van der Waals surface area contributed by atoms with E-state index in [1.807, 2.05) is 6.20 Å². The van der Waals surface area contributed by atoms with Gasteiger partial charge >= 0.3 is 0 Å². The average Bonchev–Trinajstić information content (AvgIpc) is 3.65. The van der Waals surface area contributed by atoms with Crippen LogP contribution in [0, 0.1) is 12.8 Å². The number of nitrogens with one attached hydrogen (secondary N) is 1. The highest BCUT2D eigenvalue weighted by Crippen LogP contribution is 2.41. The SMILES string of the molecule is CCCc1ccc(C)cc1.C\C=C(C(/C(C)=N/C=C/CC)=C(/C)N1CCNCC1)\C1CC1. The molecule has 1 saturated heterocycles. The number of hydrogen-bond donors (Lipinski definition) is 1. The minimum absolute atomic E-state index is 0.748. The molecule has 1 aliphatic carbocycles. The third kappa shape index (κ3) is 8.43. The molecule has 3 rings (SSSR count). The van der Waals surface area contributed by atoms with Crippen molar-refractivity contribution in [3.63, 3.8) is 0 Å². The van der Waals surface area contributed by atoms with Gasteiger partial charge in [-0.2, -0.15) is 0 Å². The summed E-state index contributed by atoms with van der Waals surface area (Å²) in [7, 11) is 0. The van der Waals surface area contributed by atoms with Gasteiger partial charge in [-0.05, 0) is 70.4 Å². The molecule has 0 radical (unpaired) electrons. The normalized spacial score (nSPS) is 18.4. The summed E-state index contributed by atoms with van der Waals surface area (Å²) in [5, 5.41) is 3.44. The fourth-order valence-electron chi connectivity index (χ4n) is 4.19. The number of aliphatic imine (C=N–C) groups is 1. The highest BCUT2D eigenvalue weighted by Gasteiger charge is 2.30. The van der Waals surface area contributed by atoms with E-state index in [-0.39, 0.29) is 0 Å². The smallest absolute Gasteiger partial charge is 0.0464 e. The lowest BCUT2D eigenvalue weighted by atomic mass is 9.95. The first-order chi connectivity index (χ1) is 15.5. The Morgan fingerprint density at radius 2 is 1.75 bits per heavy atom. The van der Waals surface area contributed by atoms with E-state index in [2.05, 4.69) is 88.2 Å². The molecule has 1 heterocycles. The van der Waals surface area contributed by atoms with E-state index in [1.54, 1.807) is 0 Å². The van der Waals surface area contributed by atoms with Gasteiger partial charge in [-0.25, -0.2) is 0 Å².